The lowest BCUT2D eigenvalue weighted by Gasteiger charge is -2.23. The lowest BCUT2D eigenvalue weighted by atomic mass is 10.0. The lowest BCUT2D eigenvalue weighted by molar-refractivity contribution is -0.132. The molecule has 5 nitrogen and oxygen atoms in total. The van der Waals surface area contributed by atoms with Crippen molar-refractivity contribution in [2.24, 2.45) is 0 Å². The van der Waals surface area contributed by atoms with Gasteiger partial charge in [0.05, 0.1) is 11.6 Å². The predicted molar refractivity (Wildman–Crippen MR) is 70.5 cm³/mol. The van der Waals surface area contributed by atoms with Crippen molar-refractivity contribution in [3.05, 3.63) is 22.2 Å². The average Bonchev–Trinajstić information content (AvgIpc) is 2.17. The van der Waals surface area contributed by atoms with E-state index in [1.165, 1.54) is 6.08 Å². The zero-order chi connectivity index (χ0) is 13.9. The number of hydrogen-bond acceptors (Lipinski definition) is 3. The number of nitrogens with one attached hydrogen (secondary N) is 1. The largest absolute Gasteiger partial charge is 0.478 e. The first-order valence-electron chi connectivity index (χ1n) is 5.49. The molecule has 6 heteroatoms. The third-order valence-corrected chi connectivity index (χ3v) is 2.86. The van der Waals surface area contributed by atoms with Crippen molar-refractivity contribution in [2.45, 2.75) is 38.8 Å². The standard InChI is InChI=1S/C12H16BrNO4/c1-12(2,3)18-11(17)14-7-4-5-9(13)8(6-7)10(15)16/h5-7H,4H2,1-3H3,(H,14,17)(H,15,16). The van der Waals surface area contributed by atoms with Crippen LogP contribution in [0, 0.1) is 0 Å². The molecule has 0 aromatic rings. The Morgan fingerprint density at radius 2 is 2.11 bits per heavy atom. The second-order valence-electron chi connectivity index (χ2n) is 4.93. The van der Waals surface area contributed by atoms with Crippen LogP contribution in [0.3, 0.4) is 0 Å². The fourth-order valence-corrected chi connectivity index (χ4v) is 1.91. The highest BCUT2D eigenvalue weighted by Crippen LogP contribution is 2.24. The maximum atomic E-state index is 11.5. The molecule has 0 aromatic heterocycles. The minimum absolute atomic E-state index is 0.141. The molecule has 2 N–H and O–H groups in total. The van der Waals surface area contributed by atoms with Crippen molar-refractivity contribution >= 4 is 28.0 Å². The predicted octanol–water partition coefficient (Wildman–Crippen LogP) is 2.57. The second kappa shape index (κ2) is 5.56. The Morgan fingerprint density at radius 1 is 1.50 bits per heavy atom. The van der Waals surface area contributed by atoms with E-state index in [9.17, 15) is 9.59 Å². The summed E-state index contributed by atoms with van der Waals surface area (Å²) in [5.41, 5.74) is -0.434. The van der Waals surface area contributed by atoms with Gasteiger partial charge in [-0.3, -0.25) is 0 Å². The summed E-state index contributed by atoms with van der Waals surface area (Å²) >= 11 is 3.17. The first-order valence-corrected chi connectivity index (χ1v) is 6.29. The number of carbonyl (C=O) groups is 2. The maximum Gasteiger partial charge on any atom is 0.408 e. The molecule has 0 fully saturated rings. The van der Waals surface area contributed by atoms with Gasteiger partial charge in [0.25, 0.3) is 0 Å². The van der Waals surface area contributed by atoms with Crippen LogP contribution in [0.4, 0.5) is 4.79 Å². The molecular formula is C12H16BrNO4. The highest BCUT2D eigenvalue weighted by Gasteiger charge is 2.22. The van der Waals surface area contributed by atoms with E-state index in [-0.39, 0.29) is 11.6 Å². The minimum Gasteiger partial charge on any atom is -0.478 e. The van der Waals surface area contributed by atoms with Crippen LogP contribution in [-0.4, -0.2) is 28.8 Å². The van der Waals surface area contributed by atoms with Gasteiger partial charge in [-0.1, -0.05) is 22.0 Å². The van der Waals surface area contributed by atoms with E-state index in [1.807, 2.05) is 0 Å². The van der Waals surface area contributed by atoms with Crippen molar-refractivity contribution in [1.29, 1.82) is 0 Å². The van der Waals surface area contributed by atoms with Gasteiger partial charge in [-0.15, -0.1) is 0 Å². The third kappa shape index (κ3) is 4.52. The highest BCUT2D eigenvalue weighted by atomic mass is 79.9. The molecule has 0 saturated heterocycles. The summed E-state index contributed by atoms with van der Waals surface area (Å²) in [5.74, 6) is -1.03. The number of carboxylic acids is 1. The SMILES string of the molecule is CC(C)(C)OC(=O)NC1C=C(C(=O)O)C(Br)=CC1. The Kier molecular flexibility index (Phi) is 4.56. The van der Waals surface area contributed by atoms with Gasteiger partial charge in [-0.25, -0.2) is 9.59 Å². The molecule has 0 saturated carbocycles. The first-order chi connectivity index (χ1) is 8.19. The van der Waals surface area contributed by atoms with Gasteiger partial charge in [0.2, 0.25) is 0 Å². The van der Waals surface area contributed by atoms with Crippen LogP contribution >= 0.6 is 15.9 Å². The molecule has 1 rings (SSSR count). The van der Waals surface area contributed by atoms with Gasteiger partial charge >= 0.3 is 12.1 Å². The molecule has 0 bridgehead atoms. The van der Waals surface area contributed by atoms with E-state index < -0.39 is 17.7 Å². The van der Waals surface area contributed by atoms with Gasteiger partial charge in [0, 0.05) is 4.48 Å². The molecule has 0 aromatic carbocycles. The Labute approximate surface area is 114 Å². The molecular weight excluding hydrogens is 302 g/mol. The number of ether oxygens (including phenoxy) is 1. The number of hydrogen-bond donors (Lipinski definition) is 2. The summed E-state index contributed by atoms with van der Waals surface area (Å²) in [6.07, 6.45) is 3.18. The van der Waals surface area contributed by atoms with E-state index in [4.69, 9.17) is 9.84 Å². The summed E-state index contributed by atoms with van der Waals surface area (Å²) in [7, 11) is 0. The van der Waals surface area contributed by atoms with E-state index in [2.05, 4.69) is 21.2 Å². The Hall–Kier alpha value is -1.30. The number of halogens is 1. The number of aliphatic carboxylic acids is 1. The quantitative estimate of drug-likeness (QED) is 0.820. The maximum absolute atomic E-state index is 11.5. The van der Waals surface area contributed by atoms with Crippen LogP contribution in [0.5, 0.6) is 0 Å². The molecule has 1 unspecified atom stereocenters. The molecule has 0 radical (unpaired) electrons. The first kappa shape index (κ1) is 14.8. The normalized spacial score (nSPS) is 19.7. The van der Waals surface area contributed by atoms with Gasteiger partial charge in [0.1, 0.15) is 5.60 Å². The minimum atomic E-state index is -1.03. The number of carboxylic acid groups (broad SMARTS) is 1. The fraction of sp³-hybridized carbons (Fsp3) is 0.500. The number of alkyl carbamates (subject to hydrolysis) is 1. The number of amides is 1. The Balaban J connectivity index is 2.66. The lowest BCUT2D eigenvalue weighted by Crippen LogP contribution is -2.39. The zero-order valence-corrected chi connectivity index (χ0v) is 12.1. The monoisotopic (exact) mass is 317 g/mol. The van der Waals surface area contributed by atoms with Crippen LogP contribution in [0.1, 0.15) is 27.2 Å². The molecule has 0 spiro atoms. The summed E-state index contributed by atoms with van der Waals surface area (Å²) < 4.78 is 5.63. The number of carbonyl (C=O) groups excluding carboxylic acids is 1. The van der Waals surface area contributed by atoms with E-state index >= 15 is 0 Å². The molecule has 18 heavy (non-hydrogen) atoms. The topological polar surface area (TPSA) is 75.6 Å². The summed E-state index contributed by atoms with van der Waals surface area (Å²) in [6.45, 7) is 5.30. The highest BCUT2D eigenvalue weighted by molar-refractivity contribution is 9.12. The van der Waals surface area contributed by atoms with Gasteiger partial charge in [0.15, 0.2) is 0 Å². The van der Waals surface area contributed by atoms with Crippen molar-refractivity contribution in [3.63, 3.8) is 0 Å². The zero-order valence-electron chi connectivity index (χ0n) is 10.5. The summed E-state index contributed by atoms with van der Waals surface area (Å²) in [4.78, 5) is 22.5. The Bertz CT molecular complexity index is 420. The van der Waals surface area contributed by atoms with Gasteiger partial charge < -0.3 is 15.2 Å². The van der Waals surface area contributed by atoms with Crippen LogP contribution in [0.2, 0.25) is 0 Å². The van der Waals surface area contributed by atoms with Crippen molar-refractivity contribution < 1.29 is 19.4 Å². The van der Waals surface area contributed by atoms with Gasteiger partial charge in [-0.05, 0) is 33.3 Å². The van der Waals surface area contributed by atoms with Crippen LogP contribution in [0.25, 0.3) is 0 Å². The summed E-state index contributed by atoms with van der Waals surface area (Å²) in [6, 6.07) is -0.368. The smallest absolute Gasteiger partial charge is 0.408 e. The van der Waals surface area contributed by atoms with E-state index in [0.29, 0.717) is 10.9 Å². The Morgan fingerprint density at radius 3 is 2.61 bits per heavy atom. The molecule has 100 valence electrons. The molecule has 1 amide bonds. The van der Waals surface area contributed by atoms with Gasteiger partial charge in [-0.2, -0.15) is 0 Å². The molecule has 0 aliphatic heterocycles. The molecule has 0 heterocycles. The average molecular weight is 318 g/mol. The van der Waals surface area contributed by atoms with Crippen LogP contribution < -0.4 is 5.32 Å². The van der Waals surface area contributed by atoms with E-state index in [0.717, 1.165) is 0 Å². The molecule has 1 aliphatic rings. The van der Waals surface area contributed by atoms with Crippen molar-refractivity contribution in [1.82, 2.24) is 5.32 Å². The van der Waals surface area contributed by atoms with Crippen LogP contribution in [-0.2, 0) is 9.53 Å². The second-order valence-corrected chi connectivity index (χ2v) is 5.78. The molecule has 1 atom stereocenters. The molecule has 1 aliphatic carbocycles. The third-order valence-electron chi connectivity index (χ3n) is 2.11. The number of rotatable bonds is 2. The summed E-state index contributed by atoms with van der Waals surface area (Å²) in [5, 5.41) is 11.6. The van der Waals surface area contributed by atoms with E-state index in [1.54, 1.807) is 26.8 Å². The van der Waals surface area contributed by atoms with Crippen LogP contribution in [0.15, 0.2) is 22.2 Å². The fourth-order valence-electron chi connectivity index (χ4n) is 1.42. The van der Waals surface area contributed by atoms with Crippen molar-refractivity contribution in [2.75, 3.05) is 0 Å². The van der Waals surface area contributed by atoms with Crippen molar-refractivity contribution in [3.8, 4) is 0 Å².